The number of rotatable bonds is 5. The summed E-state index contributed by atoms with van der Waals surface area (Å²) in [6, 6.07) is -1.13. The lowest BCUT2D eigenvalue weighted by Crippen LogP contribution is -2.54. The Morgan fingerprint density at radius 1 is 1.17 bits per heavy atom. The standard InChI is InChI=1S/C12H14F5NO4S/c1-2-10(19)22-9-5-6-3-7(9)8(4-6)18-23(20,21)12(16,17)11(13,14)15/h2,6-9,18H,1,3-5H2. The fraction of sp³-hybridized carbons (Fsp3) is 0.750. The molecule has 0 radical (unpaired) electrons. The molecule has 2 fully saturated rings. The van der Waals surface area contributed by atoms with Crippen LogP contribution in [0.3, 0.4) is 0 Å². The zero-order valence-corrected chi connectivity index (χ0v) is 12.5. The Morgan fingerprint density at radius 2 is 1.78 bits per heavy atom. The molecule has 5 nitrogen and oxygen atoms in total. The second kappa shape index (κ2) is 5.69. The van der Waals surface area contributed by atoms with Gasteiger partial charge in [0.1, 0.15) is 6.10 Å². The number of hydrogen-bond acceptors (Lipinski definition) is 4. The van der Waals surface area contributed by atoms with E-state index in [1.54, 1.807) is 0 Å². The van der Waals surface area contributed by atoms with Crippen molar-refractivity contribution in [1.82, 2.24) is 4.72 Å². The number of fused-ring (bicyclic) bond motifs is 2. The quantitative estimate of drug-likeness (QED) is 0.460. The molecule has 2 rings (SSSR count). The number of halogens is 5. The van der Waals surface area contributed by atoms with Gasteiger partial charge in [-0.3, -0.25) is 0 Å². The number of ether oxygens (including phenoxy) is 1. The average molecular weight is 363 g/mol. The van der Waals surface area contributed by atoms with E-state index in [-0.39, 0.29) is 12.3 Å². The van der Waals surface area contributed by atoms with Crippen LogP contribution in [0, 0.1) is 11.8 Å². The zero-order chi connectivity index (χ0) is 17.6. The maximum atomic E-state index is 13.1. The molecule has 0 aromatic heterocycles. The lowest BCUT2D eigenvalue weighted by Gasteiger charge is -2.30. The van der Waals surface area contributed by atoms with Crippen molar-refractivity contribution in [2.45, 2.75) is 42.8 Å². The average Bonchev–Trinajstić information content (AvgIpc) is 2.95. The first-order chi connectivity index (χ1) is 10.4. The molecule has 4 atom stereocenters. The molecule has 2 bridgehead atoms. The van der Waals surface area contributed by atoms with Gasteiger partial charge in [-0.05, 0) is 25.2 Å². The first-order valence-corrected chi connectivity index (χ1v) is 8.17. The maximum absolute atomic E-state index is 13.1. The molecule has 2 aliphatic carbocycles. The summed E-state index contributed by atoms with van der Waals surface area (Å²) in [6.07, 6.45) is -5.13. The second-order valence-corrected chi connectivity index (χ2v) is 7.41. The van der Waals surface area contributed by atoms with E-state index in [0.717, 1.165) is 6.08 Å². The minimum Gasteiger partial charge on any atom is -0.459 e. The van der Waals surface area contributed by atoms with Crippen LogP contribution in [-0.2, 0) is 19.6 Å². The molecule has 0 spiro atoms. The molecule has 23 heavy (non-hydrogen) atoms. The molecule has 2 saturated carbocycles. The van der Waals surface area contributed by atoms with Crippen molar-refractivity contribution >= 4 is 16.0 Å². The molecule has 0 heterocycles. The minimum absolute atomic E-state index is 0.102. The third-order valence-corrected chi connectivity index (χ3v) is 5.68. The highest BCUT2D eigenvalue weighted by atomic mass is 32.2. The van der Waals surface area contributed by atoms with Crippen LogP contribution in [0.5, 0.6) is 0 Å². The summed E-state index contributed by atoms with van der Waals surface area (Å²) in [5.41, 5.74) is 0. The molecule has 0 saturated heterocycles. The van der Waals surface area contributed by atoms with Crippen molar-refractivity contribution in [3.8, 4) is 0 Å². The van der Waals surface area contributed by atoms with Crippen molar-refractivity contribution in [2.24, 2.45) is 11.8 Å². The molecule has 0 aromatic rings. The Morgan fingerprint density at radius 3 is 2.26 bits per heavy atom. The summed E-state index contributed by atoms with van der Waals surface area (Å²) in [7, 11) is -5.95. The number of carbonyl (C=O) groups is 1. The van der Waals surface area contributed by atoms with Gasteiger partial charge in [-0.2, -0.15) is 22.0 Å². The second-order valence-electron chi connectivity index (χ2n) is 5.66. The summed E-state index contributed by atoms with van der Waals surface area (Å²) >= 11 is 0. The van der Waals surface area contributed by atoms with Gasteiger partial charge in [0.15, 0.2) is 0 Å². The van der Waals surface area contributed by atoms with Gasteiger partial charge in [0.25, 0.3) is 10.0 Å². The Bertz CT molecular complexity index is 603. The lowest BCUT2D eigenvalue weighted by atomic mass is 9.93. The largest absolute Gasteiger partial charge is 0.470 e. The summed E-state index contributed by atoms with van der Waals surface area (Å²) in [5, 5.41) is -5.89. The number of esters is 1. The van der Waals surface area contributed by atoms with Crippen molar-refractivity contribution in [2.75, 3.05) is 0 Å². The van der Waals surface area contributed by atoms with E-state index in [1.807, 2.05) is 0 Å². The summed E-state index contributed by atoms with van der Waals surface area (Å²) in [5.74, 6) is -1.50. The highest BCUT2D eigenvalue weighted by Gasteiger charge is 2.68. The van der Waals surface area contributed by atoms with Crippen LogP contribution >= 0.6 is 0 Å². The van der Waals surface area contributed by atoms with Crippen molar-refractivity contribution in [3.63, 3.8) is 0 Å². The van der Waals surface area contributed by atoms with E-state index in [1.165, 1.54) is 4.72 Å². The molecule has 132 valence electrons. The molecule has 0 aromatic carbocycles. The first-order valence-electron chi connectivity index (χ1n) is 6.68. The Kier molecular flexibility index (Phi) is 4.48. The zero-order valence-electron chi connectivity index (χ0n) is 11.6. The lowest BCUT2D eigenvalue weighted by molar-refractivity contribution is -0.241. The topological polar surface area (TPSA) is 72.5 Å². The predicted molar refractivity (Wildman–Crippen MR) is 67.8 cm³/mol. The Hall–Kier alpha value is -1.23. The molecule has 0 amide bonds. The van der Waals surface area contributed by atoms with Crippen LogP contribution in [0.25, 0.3) is 0 Å². The number of hydrogen-bond donors (Lipinski definition) is 1. The molecular formula is C12H14F5NO4S. The number of carbonyl (C=O) groups excluding carboxylic acids is 1. The Balaban J connectivity index is 2.12. The summed E-state index contributed by atoms with van der Waals surface area (Å²) in [6.45, 7) is 3.19. The Labute approximate surface area is 128 Å². The van der Waals surface area contributed by atoms with Gasteiger partial charge < -0.3 is 4.74 Å². The van der Waals surface area contributed by atoms with E-state index >= 15 is 0 Å². The van der Waals surface area contributed by atoms with E-state index in [2.05, 4.69) is 6.58 Å². The molecular weight excluding hydrogens is 349 g/mol. The molecule has 11 heteroatoms. The van der Waals surface area contributed by atoms with Gasteiger partial charge in [0.2, 0.25) is 0 Å². The van der Waals surface area contributed by atoms with Crippen LogP contribution in [0.15, 0.2) is 12.7 Å². The van der Waals surface area contributed by atoms with Crippen LogP contribution < -0.4 is 4.72 Å². The highest BCUT2D eigenvalue weighted by molar-refractivity contribution is 7.90. The predicted octanol–water partition coefficient (Wildman–Crippen LogP) is 1.96. The van der Waals surface area contributed by atoms with Crippen LogP contribution in [0.1, 0.15) is 19.3 Å². The molecule has 2 aliphatic rings. The normalized spacial score (nSPS) is 31.2. The van der Waals surface area contributed by atoms with Crippen LogP contribution in [0.4, 0.5) is 22.0 Å². The smallest absolute Gasteiger partial charge is 0.459 e. The van der Waals surface area contributed by atoms with E-state index in [4.69, 9.17) is 4.74 Å². The van der Waals surface area contributed by atoms with Gasteiger partial charge >= 0.3 is 17.4 Å². The van der Waals surface area contributed by atoms with Gasteiger partial charge in [0, 0.05) is 18.0 Å². The minimum atomic E-state index is -6.22. The first kappa shape index (κ1) is 18.1. The van der Waals surface area contributed by atoms with Gasteiger partial charge in [-0.25, -0.2) is 17.9 Å². The van der Waals surface area contributed by atoms with Gasteiger partial charge in [-0.15, -0.1) is 0 Å². The van der Waals surface area contributed by atoms with Crippen LogP contribution in [0.2, 0.25) is 0 Å². The SMILES string of the molecule is C=CC(=O)OC1CC2CC(NS(=O)(=O)C(F)(F)C(F)(F)F)C1C2. The van der Waals surface area contributed by atoms with Crippen molar-refractivity contribution < 1.29 is 39.9 Å². The molecule has 1 N–H and O–H groups in total. The van der Waals surface area contributed by atoms with E-state index < -0.39 is 45.5 Å². The van der Waals surface area contributed by atoms with Gasteiger partial charge in [0.05, 0.1) is 0 Å². The maximum Gasteiger partial charge on any atom is 0.470 e. The van der Waals surface area contributed by atoms with E-state index in [9.17, 15) is 35.2 Å². The fourth-order valence-electron chi connectivity index (χ4n) is 3.18. The third kappa shape index (κ3) is 3.21. The van der Waals surface area contributed by atoms with E-state index in [0.29, 0.717) is 12.8 Å². The fourth-order valence-corrected chi connectivity index (χ4v) is 4.30. The van der Waals surface area contributed by atoms with Gasteiger partial charge in [-0.1, -0.05) is 6.58 Å². The van der Waals surface area contributed by atoms with Crippen molar-refractivity contribution in [3.05, 3.63) is 12.7 Å². The van der Waals surface area contributed by atoms with Crippen molar-refractivity contribution in [1.29, 1.82) is 0 Å². The third-order valence-electron chi connectivity index (χ3n) is 4.16. The molecule has 4 unspecified atom stereocenters. The molecule has 0 aliphatic heterocycles. The number of sulfonamides is 1. The monoisotopic (exact) mass is 363 g/mol. The summed E-state index contributed by atoms with van der Waals surface area (Å²) < 4.78 is 92.1. The number of alkyl halides is 5. The van der Waals surface area contributed by atoms with Crippen LogP contribution in [-0.4, -0.2) is 38.0 Å². The number of nitrogens with one attached hydrogen (secondary N) is 1. The highest BCUT2D eigenvalue weighted by Crippen LogP contribution is 2.47. The summed E-state index contributed by atoms with van der Waals surface area (Å²) in [4.78, 5) is 11.2.